The number of benzene rings is 2. The molecule has 0 saturated carbocycles. The molecule has 26 heavy (non-hydrogen) atoms. The summed E-state index contributed by atoms with van der Waals surface area (Å²) in [6.07, 6.45) is 3.99. The van der Waals surface area contributed by atoms with Gasteiger partial charge in [-0.25, -0.2) is 0 Å². The zero-order valence-corrected chi connectivity index (χ0v) is 15.2. The predicted octanol–water partition coefficient (Wildman–Crippen LogP) is 4.88. The molecule has 0 heterocycles. The van der Waals surface area contributed by atoms with Crippen molar-refractivity contribution in [1.82, 2.24) is 0 Å². The number of phenolic OH excluding ortho intramolecular Hbond substituents is 3. The summed E-state index contributed by atoms with van der Waals surface area (Å²) < 4.78 is 5.13. The minimum absolute atomic E-state index is 0.0955. The third-order valence-electron chi connectivity index (χ3n) is 4.32. The van der Waals surface area contributed by atoms with Crippen molar-refractivity contribution in [3.63, 3.8) is 0 Å². The van der Waals surface area contributed by atoms with Crippen LogP contribution in [0.15, 0.2) is 60.7 Å². The van der Waals surface area contributed by atoms with Crippen LogP contribution in [0.25, 0.3) is 0 Å². The van der Waals surface area contributed by atoms with E-state index in [0.717, 1.165) is 54.4 Å². The number of hydrogen-bond acceptors (Lipinski definition) is 4. The Morgan fingerprint density at radius 3 is 1.88 bits per heavy atom. The smallest absolute Gasteiger partial charge is 0.160 e. The van der Waals surface area contributed by atoms with Gasteiger partial charge in [0.05, 0.1) is 7.11 Å². The summed E-state index contributed by atoms with van der Waals surface area (Å²) in [6.45, 7) is 8.25. The van der Waals surface area contributed by atoms with Gasteiger partial charge in [0.15, 0.2) is 23.0 Å². The highest BCUT2D eigenvalue weighted by atomic mass is 16.5. The average molecular weight is 354 g/mol. The third kappa shape index (κ3) is 5.59. The topological polar surface area (TPSA) is 69.9 Å². The van der Waals surface area contributed by atoms with Crippen LogP contribution in [-0.2, 0) is 12.8 Å². The fourth-order valence-electron chi connectivity index (χ4n) is 2.77. The molecule has 0 aliphatic rings. The summed E-state index contributed by atoms with van der Waals surface area (Å²) in [5.74, 6) is 0.423. The van der Waals surface area contributed by atoms with Crippen LogP contribution in [0.2, 0.25) is 0 Å². The zero-order chi connectivity index (χ0) is 19.1. The molecule has 4 nitrogen and oxygen atoms in total. The van der Waals surface area contributed by atoms with Crippen molar-refractivity contribution in [3.05, 3.63) is 71.8 Å². The van der Waals surface area contributed by atoms with Gasteiger partial charge in [-0.2, -0.15) is 0 Å². The second-order valence-corrected chi connectivity index (χ2v) is 6.51. The van der Waals surface area contributed by atoms with Gasteiger partial charge in [-0.1, -0.05) is 36.4 Å². The van der Waals surface area contributed by atoms with E-state index in [4.69, 9.17) is 4.74 Å². The van der Waals surface area contributed by atoms with Crippen molar-refractivity contribution >= 4 is 0 Å². The Balaban J connectivity index is 1.78. The molecular weight excluding hydrogens is 328 g/mol. The van der Waals surface area contributed by atoms with Crippen LogP contribution in [0, 0.1) is 0 Å². The highest BCUT2D eigenvalue weighted by molar-refractivity contribution is 5.42. The number of ether oxygens (including phenoxy) is 1. The minimum Gasteiger partial charge on any atom is -0.504 e. The Morgan fingerprint density at radius 1 is 0.808 bits per heavy atom. The van der Waals surface area contributed by atoms with E-state index in [0.29, 0.717) is 5.75 Å². The number of rotatable bonds is 9. The standard InChI is InChI=1S/C22H26O4/c1-15(4-6-17-8-10-19(23)21(25)13-17)12-16(2)5-7-18-9-11-20(24)22(14-18)26-3/h8-11,13-14,23-25H,1-2,4-7,12H2,3H3. The van der Waals surface area contributed by atoms with Crippen molar-refractivity contribution in [2.24, 2.45) is 0 Å². The summed E-state index contributed by atoms with van der Waals surface area (Å²) in [5.41, 5.74) is 4.25. The summed E-state index contributed by atoms with van der Waals surface area (Å²) in [6, 6.07) is 10.2. The van der Waals surface area contributed by atoms with Crippen LogP contribution in [0.5, 0.6) is 23.0 Å². The van der Waals surface area contributed by atoms with Crippen molar-refractivity contribution in [1.29, 1.82) is 0 Å². The van der Waals surface area contributed by atoms with Gasteiger partial charge in [-0.05, 0) is 67.5 Å². The van der Waals surface area contributed by atoms with Gasteiger partial charge >= 0.3 is 0 Å². The average Bonchev–Trinajstić information content (AvgIpc) is 2.62. The lowest BCUT2D eigenvalue weighted by Gasteiger charge is -2.10. The maximum atomic E-state index is 9.63. The maximum absolute atomic E-state index is 9.63. The summed E-state index contributed by atoms with van der Waals surface area (Å²) in [5, 5.41) is 28.5. The Hall–Kier alpha value is -2.88. The van der Waals surface area contributed by atoms with Crippen LogP contribution in [0.3, 0.4) is 0 Å². The maximum Gasteiger partial charge on any atom is 0.160 e. The second kappa shape index (κ2) is 8.99. The quantitative estimate of drug-likeness (QED) is 0.443. The summed E-state index contributed by atoms with van der Waals surface area (Å²) in [7, 11) is 1.54. The van der Waals surface area contributed by atoms with Gasteiger partial charge in [-0.3, -0.25) is 0 Å². The second-order valence-electron chi connectivity index (χ2n) is 6.51. The summed E-state index contributed by atoms with van der Waals surface area (Å²) in [4.78, 5) is 0. The zero-order valence-electron chi connectivity index (χ0n) is 15.2. The van der Waals surface area contributed by atoms with Gasteiger partial charge in [0.25, 0.3) is 0 Å². The number of aromatic hydroxyl groups is 3. The number of allylic oxidation sites excluding steroid dienone is 2. The Morgan fingerprint density at radius 2 is 1.35 bits per heavy atom. The molecule has 2 rings (SSSR count). The highest BCUT2D eigenvalue weighted by Crippen LogP contribution is 2.28. The van der Waals surface area contributed by atoms with Crippen LogP contribution in [0.4, 0.5) is 0 Å². The van der Waals surface area contributed by atoms with E-state index >= 15 is 0 Å². The lowest BCUT2D eigenvalue weighted by molar-refractivity contribution is 0.373. The van der Waals surface area contributed by atoms with Crippen molar-refractivity contribution in [3.8, 4) is 23.0 Å². The first-order chi connectivity index (χ1) is 12.4. The molecular formula is C22H26O4. The molecule has 0 aromatic heterocycles. The SMILES string of the molecule is C=C(CCc1ccc(O)c(O)c1)CC(=C)CCc1ccc(O)c(OC)c1. The highest BCUT2D eigenvalue weighted by Gasteiger charge is 2.06. The van der Waals surface area contributed by atoms with E-state index in [1.54, 1.807) is 18.2 Å². The minimum atomic E-state index is -0.105. The first kappa shape index (κ1) is 19.4. The fraction of sp³-hybridized carbons (Fsp3) is 0.273. The molecule has 0 aliphatic carbocycles. The summed E-state index contributed by atoms with van der Waals surface area (Å²) >= 11 is 0. The van der Waals surface area contributed by atoms with Gasteiger partial charge in [0.1, 0.15) is 0 Å². The first-order valence-corrected chi connectivity index (χ1v) is 8.59. The molecule has 2 aromatic rings. The Bertz CT molecular complexity index is 793. The lowest BCUT2D eigenvalue weighted by atomic mass is 9.96. The van der Waals surface area contributed by atoms with E-state index in [1.807, 2.05) is 12.1 Å². The normalized spacial score (nSPS) is 10.5. The molecule has 0 unspecified atom stereocenters. The fourth-order valence-corrected chi connectivity index (χ4v) is 2.77. The number of methoxy groups -OCH3 is 1. The van der Waals surface area contributed by atoms with Gasteiger partial charge < -0.3 is 20.1 Å². The molecule has 2 aromatic carbocycles. The monoisotopic (exact) mass is 354 g/mol. The first-order valence-electron chi connectivity index (χ1n) is 8.59. The largest absolute Gasteiger partial charge is 0.504 e. The number of phenols is 3. The van der Waals surface area contributed by atoms with Crippen molar-refractivity contribution < 1.29 is 20.1 Å². The van der Waals surface area contributed by atoms with Gasteiger partial charge in [-0.15, -0.1) is 0 Å². The van der Waals surface area contributed by atoms with E-state index < -0.39 is 0 Å². The van der Waals surface area contributed by atoms with Crippen LogP contribution in [-0.4, -0.2) is 22.4 Å². The van der Waals surface area contributed by atoms with Crippen LogP contribution >= 0.6 is 0 Å². The molecule has 138 valence electrons. The Labute approximate surface area is 154 Å². The molecule has 0 amide bonds. The van der Waals surface area contributed by atoms with E-state index in [2.05, 4.69) is 13.2 Å². The van der Waals surface area contributed by atoms with Crippen molar-refractivity contribution in [2.75, 3.05) is 7.11 Å². The van der Waals surface area contributed by atoms with E-state index in [-0.39, 0.29) is 17.2 Å². The predicted molar refractivity (Wildman–Crippen MR) is 104 cm³/mol. The molecule has 0 saturated heterocycles. The number of aryl methyl sites for hydroxylation is 2. The van der Waals surface area contributed by atoms with E-state index in [1.165, 1.54) is 13.2 Å². The molecule has 0 fully saturated rings. The molecule has 0 radical (unpaired) electrons. The van der Waals surface area contributed by atoms with Gasteiger partial charge in [0.2, 0.25) is 0 Å². The number of hydrogen-bond donors (Lipinski definition) is 3. The third-order valence-corrected chi connectivity index (χ3v) is 4.32. The molecule has 0 atom stereocenters. The molecule has 0 spiro atoms. The molecule has 0 bridgehead atoms. The molecule has 3 N–H and O–H groups in total. The van der Waals surface area contributed by atoms with Crippen LogP contribution < -0.4 is 4.74 Å². The lowest BCUT2D eigenvalue weighted by Crippen LogP contribution is -1.94. The Kier molecular flexibility index (Phi) is 6.73. The van der Waals surface area contributed by atoms with E-state index in [9.17, 15) is 15.3 Å². The molecule has 4 heteroatoms. The van der Waals surface area contributed by atoms with Crippen molar-refractivity contribution in [2.45, 2.75) is 32.1 Å². The molecule has 0 aliphatic heterocycles. The van der Waals surface area contributed by atoms with Crippen LogP contribution in [0.1, 0.15) is 30.4 Å². The van der Waals surface area contributed by atoms with Gasteiger partial charge in [0, 0.05) is 0 Å².